The summed E-state index contributed by atoms with van der Waals surface area (Å²) >= 11 is 0. The van der Waals surface area contributed by atoms with E-state index in [4.69, 9.17) is 4.74 Å². The van der Waals surface area contributed by atoms with Crippen LogP contribution < -0.4 is 4.74 Å². The Hall–Kier alpha value is -1.38. The number of hydrogen-bond acceptors (Lipinski definition) is 2. The average molecular weight is 276 g/mol. The van der Waals surface area contributed by atoms with Gasteiger partial charge in [-0.3, -0.25) is 4.79 Å². The molecule has 20 heavy (non-hydrogen) atoms. The number of fused-ring (bicyclic) bond motifs is 1. The molecule has 1 aromatic carbocycles. The number of carbonyl (C=O) groups is 1. The normalized spacial score (nSPS) is 19.9. The minimum Gasteiger partial charge on any atom is -0.493 e. The summed E-state index contributed by atoms with van der Waals surface area (Å²) in [6, 6.07) is 2.90. The van der Waals surface area contributed by atoms with Crippen molar-refractivity contribution >= 4 is 5.78 Å². The zero-order valence-electron chi connectivity index (χ0n) is 11.8. The molecule has 1 aliphatic carbocycles. The van der Waals surface area contributed by atoms with Gasteiger partial charge < -0.3 is 4.74 Å². The molecule has 0 N–H and O–H groups in total. The Morgan fingerprint density at radius 2 is 1.90 bits per heavy atom. The van der Waals surface area contributed by atoms with Crippen LogP contribution in [0, 0.1) is 11.7 Å². The van der Waals surface area contributed by atoms with Crippen LogP contribution in [0.3, 0.4) is 0 Å². The van der Waals surface area contributed by atoms with Gasteiger partial charge in [-0.2, -0.15) is 0 Å². The number of benzene rings is 1. The second-order valence-electron chi connectivity index (χ2n) is 5.95. The number of Topliss-reactive ketones (excluding diaryl/α,β-unsaturated/α-hetero) is 1. The molecule has 3 heteroatoms. The average Bonchev–Trinajstić information content (AvgIpc) is 2.71. The number of carbonyl (C=O) groups excluding carboxylic acids is 1. The molecule has 1 aliphatic heterocycles. The van der Waals surface area contributed by atoms with Gasteiger partial charge in [0.05, 0.1) is 12.2 Å². The van der Waals surface area contributed by atoms with E-state index in [-0.39, 0.29) is 17.5 Å². The van der Waals surface area contributed by atoms with Crippen LogP contribution in [0.25, 0.3) is 0 Å². The minimum atomic E-state index is -0.312. The second-order valence-corrected chi connectivity index (χ2v) is 5.95. The van der Waals surface area contributed by atoms with E-state index in [0.29, 0.717) is 17.9 Å². The first-order valence-corrected chi connectivity index (χ1v) is 7.75. The highest BCUT2D eigenvalue weighted by Gasteiger charge is 2.27. The largest absolute Gasteiger partial charge is 0.493 e. The van der Waals surface area contributed by atoms with Gasteiger partial charge in [0, 0.05) is 5.92 Å². The van der Waals surface area contributed by atoms with Crippen molar-refractivity contribution in [1.29, 1.82) is 0 Å². The van der Waals surface area contributed by atoms with E-state index in [1.54, 1.807) is 0 Å². The summed E-state index contributed by atoms with van der Waals surface area (Å²) in [6.07, 6.45) is 8.05. The Morgan fingerprint density at radius 3 is 2.70 bits per heavy atom. The van der Waals surface area contributed by atoms with Crippen LogP contribution in [-0.2, 0) is 6.42 Å². The van der Waals surface area contributed by atoms with E-state index in [1.807, 2.05) is 0 Å². The quantitative estimate of drug-likeness (QED) is 0.753. The first-order valence-electron chi connectivity index (χ1n) is 7.75. The van der Waals surface area contributed by atoms with Gasteiger partial charge in [0.2, 0.25) is 0 Å². The third-order valence-electron chi connectivity index (χ3n) is 4.46. The Bertz CT molecular complexity index is 504. The Balaban J connectivity index is 1.95. The highest BCUT2D eigenvalue weighted by Crippen LogP contribution is 2.34. The lowest BCUT2D eigenvalue weighted by Gasteiger charge is -2.22. The van der Waals surface area contributed by atoms with Gasteiger partial charge in [0.15, 0.2) is 5.78 Å². The summed E-state index contributed by atoms with van der Waals surface area (Å²) in [5.41, 5.74) is 1.34. The molecule has 108 valence electrons. The van der Waals surface area contributed by atoms with Crippen LogP contribution in [0.5, 0.6) is 5.75 Å². The van der Waals surface area contributed by atoms with Gasteiger partial charge in [0.1, 0.15) is 11.6 Å². The third-order valence-corrected chi connectivity index (χ3v) is 4.46. The molecule has 2 nitrogen and oxygen atoms in total. The summed E-state index contributed by atoms with van der Waals surface area (Å²) in [5.74, 6) is 0.483. The van der Waals surface area contributed by atoms with Crippen LogP contribution in [0.1, 0.15) is 60.9 Å². The van der Waals surface area contributed by atoms with E-state index in [9.17, 15) is 9.18 Å². The second kappa shape index (κ2) is 5.94. The molecule has 1 aromatic rings. The van der Waals surface area contributed by atoms with Crippen LogP contribution in [0.15, 0.2) is 12.1 Å². The minimum absolute atomic E-state index is 0.0569. The number of ether oxygens (including phenoxy) is 1. The van der Waals surface area contributed by atoms with E-state index in [0.717, 1.165) is 50.5 Å². The van der Waals surface area contributed by atoms with E-state index in [1.165, 1.54) is 18.6 Å². The lowest BCUT2D eigenvalue weighted by atomic mass is 9.83. The summed E-state index contributed by atoms with van der Waals surface area (Å²) in [7, 11) is 0. The van der Waals surface area contributed by atoms with Gasteiger partial charge in [-0.1, -0.05) is 19.3 Å². The first kappa shape index (κ1) is 13.6. The van der Waals surface area contributed by atoms with Gasteiger partial charge in [-0.15, -0.1) is 0 Å². The molecule has 3 rings (SSSR count). The van der Waals surface area contributed by atoms with Crippen molar-refractivity contribution in [3.63, 3.8) is 0 Å². The number of aryl methyl sites for hydroxylation is 1. The van der Waals surface area contributed by atoms with Gasteiger partial charge >= 0.3 is 0 Å². The summed E-state index contributed by atoms with van der Waals surface area (Å²) < 4.78 is 19.6. The van der Waals surface area contributed by atoms with E-state index >= 15 is 0 Å². The van der Waals surface area contributed by atoms with Crippen molar-refractivity contribution in [3.05, 3.63) is 29.1 Å². The maximum absolute atomic E-state index is 13.8. The fraction of sp³-hybridized carbons (Fsp3) is 0.588. The molecular weight excluding hydrogens is 255 g/mol. The highest BCUT2D eigenvalue weighted by molar-refractivity contribution is 6.00. The number of halogens is 1. The van der Waals surface area contributed by atoms with Crippen LogP contribution in [-0.4, -0.2) is 12.4 Å². The molecule has 0 aromatic heterocycles. The van der Waals surface area contributed by atoms with Gasteiger partial charge in [0.25, 0.3) is 0 Å². The molecule has 0 bridgehead atoms. The Kier molecular flexibility index (Phi) is 4.04. The molecule has 0 radical (unpaired) electrons. The van der Waals surface area contributed by atoms with Crippen molar-refractivity contribution in [2.45, 2.75) is 51.4 Å². The molecule has 0 unspecified atom stereocenters. The lowest BCUT2D eigenvalue weighted by molar-refractivity contribution is 0.0885. The smallest absolute Gasteiger partial charge is 0.169 e. The molecule has 1 heterocycles. The van der Waals surface area contributed by atoms with Crippen molar-refractivity contribution in [3.8, 4) is 5.75 Å². The first-order chi connectivity index (χ1) is 9.75. The van der Waals surface area contributed by atoms with E-state index < -0.39 is 0 Å². The predicted octanol–water partition coefficient (Wildman–Crippen LogP) is 4.30. The molecule has 0 atom stereocenters. The number of hydrogen-bond donors (Lipinski definition) is 0. The fourth-order valence-electron chi connectivity index (χ4n) is 3.37. The Morgan fingerprint density at radius 1 is 1.10 bits per heavy atom. The van der Waals surface area contributed by atoms with Crippen molar-refractivity contribution in [2.24, 2.45) is 5.92 Å². The zero-order valence-corrected chi connectivity index (χ0v) is 11.8. The standard InChI is InChI=1S/C17H21FO2/c18-14-10-13-8-4-5-9-20-17(13)15(11-14)16(19)12-6-2-1-3-7-12/h10-12H,1-9H2. The molecule has 0 spiro atoms. The van der Waals surface area contributed by atoms with Gasteiger partial charge in [-0.25, -0.2) is 4.39 Å². The Labute approximate surface area is 119 Å². The maximum atomic E-state index is 13.8. The van der Waals surface area contributed by atoms with Crippen molar-refractivity contribution in [2.75, 3.05) is 6.61 Å². The molecule has 1 saturated carbocycles. The maximum Gasteiger partial charge on any atom is 0.169 e. The van der Waals surface area contributed by atoms with Crippen LogP contribution >= 0.6 is 0 Å². The van der Waals surface area contributed by atoms with Crippen molar-refractivity contribution < 1.29 is 13.9 Å². The molecule has 0 saturated heterocycles. The summed E-state index contributed by atoms with van der Waals surface area (Å²) in [6.45, 7) is 0.629. The lowest BCUT2D eigenvalue weighted by Crippen LogP contribution is -2.19. The predicted molar refractivity (Wildman–Crippen MR) is 75.7 cm³/mol. The number of ketones is 1. The molecule has 2 aliphatic rings. The topological polar surface area (TPSA) is 26.3 Å². The molecular formula is C17H21FO2. The third kappa shape index (κ3) is 2.72. The molecule has 0 amide bonds. The van der Waals surface area contributed by atoms with Gasteiger partial charge in [-0.05, 0) is 49.8 Å². The summed E-state index contributed by atoms with van der Waals surface area (Å²) in [5, 5.41) is 0. The monoisotopic (exact) mass is 276 g/mol. The number of rotatable bonds is 2. The molecule has 1 fully saturated rings. The SMILES string of the molecule is O=C(c1cc(F)cc2c1OCCCC2)C1CCCCC1. The van der Waals surface area contributed by atoms with Crippen molar-refractivity contribution in [1.82, 2.24) is 0 Å². The highest BCUT2D eigenvalue weighted by atomic mass is 19.1. The summed E-state index contributed by atoms with van der Waals surface area (Å²) in [4.78, 5) is 12.7. The van der Waals surface area contributed by atoms with Crippen LogP contribution in [0.2, 0.25) is 0 Å². The van der Waals surface area contributed by atoms with E-state index in [2.05, 4.69) is 0 Å². The van der Waals surface area contributed by atoms with Crippen LogP contribution in [0.4, 0.5) is 4.39 Å². The zero-order chi connectivity index (χ0) is 13.9. The fourth-order valence-corrected chi connectivity index (χ4v) is 3.37.